The smallest absolute Gasteiger partial charge is 0.122 e. The van der Waals surface area contributed by atoms with E-state index in [9.17, 15) is 0 Å². The van der Waals surface area contributed by atoms with Crippen molar-refractivity contribution >= 4 is 0 Å². The molecule has 0 radical (unpaired) electrons. The van der Waals surface area contributed by atoms with Crippen molar-refractivity contribution in [3.05, 3.63) is 65.2 Å². The van der Waals surface area contributed by atoms with E-state index in [2.05, 4.69) is 17.5 Å². The first-order chi connectivity index (χ1) is 11.3. The molecular formula is C20H26N2O. The quantitative estimate of drug-likeness (QED) is 0.787. The van der Waals surface area contributed by atoms with Gasteiger partial charge in [-0.1, -0.05) is 44.2 Å². The van der Waals surface area contributed by atoms with E-state index in [4.69, 9.17) is 10.00 Å². The number of nitrogens with zero attached hydrogens (tertiary/aromatic N) is 1. The average molecular weight is 310 g/mol. The molecule has 0 aromatic heterocycles. The predicted molar refractivity (Wildman–Crippen MR) is 95.8 cm³/mol. The minimum Gasteiger partial charge on any atom is -0.496 e. The lowest BCUT2D eigenvalue weighted by molar-refractivity contribution is 0.409. The summed E-state index contributed by atoms with van der Waals surface area (Å²) in [4.78, 5) is 0. The summed E-state index contributed by atoms with van der Waals surface area (Å²) in [5.41, 5.74) is 3.19. The Morgan fingerprint density at radius 3 is 2.26 bits per heavy atom. The molecule has 0 aliphatic carbocycles. The second-order valence-electron chi connectivity index (χ2n) is 4.87. The Kier molecular flexibility index (Phi) is 9.19. The highest BCUT2D eigenvalue weighted by molar-refractivity contribution is 5.33. The van der Waals surface area contributed by atoms with Crippen molar-refractivity contribution in [3.8, 4) is 11.8 Å². The highest BCUT2D eigenvalue weighted by atomic mass is 16.5. The summed E-state index contributed by atoms with van der Waals surface area (Å²) in [5.74, 6) is 0.950. The number of benzene rings is 2. The lowest BCUT2D eigenvalue weighted by Gasteiger charge is -2.09. The van der Waals surface area contributed by atoms with Crippen LogP contribution in [0.15, 0.2) is 48.5 Å². The van der Waals surface area contributed by atoms with E-state index in [1.807, 2.05) is 56.3 Å². The summed E-state index contributed by atoms with van der Waals surface area (Å²) >= 11 is 0. The van der Waals surface area contributed by atoms with Gasteiger partial charge in [0.25, 0.3) is 0 Å². The maximum atomic E-state index is 8.75. The number of nitriles is 1. The second kappa shape index (κ2) is 11.3. The fourth-order valence-corrected chi connectivity index (χ4v) is 2.24. The van der Waals surface area contributed by atoms with E-state index in [0.29, 0.717) is 5.56 Å². The summed E-state index contributed by atoms with van der Waals surface area (Å²) < 4.78 is 5.34. The van der Waals surface area contributed by atoms with Crippen molar-refractivity contribution in [2.45, 2.75) is 26.7 Å². The summed E-state index contributed by atoms with van der Waals surface area (Å²) in [6, 6.07) is 18.0. The molecular weight excluding hydrogens is 284 g/mol. The van der Waals surface area contributed by atoms with Crippen molar-refractivity contribution in [3.63, 3.8) is 0 Å². The zero-order chi connectivity index (χ0) is 16.9. The Hall–Kier alpha value is -2.31. The second-order valence-corrected chi connectivity index (χ2v) is 4.87. The number of hydrogen-bond acceptors (Lipinski definition) is 3. The molecule has 23 heavy (non-hydrogen) atoms. The van der Waals surface area contributed by atoms with Crippen LogP contribution in [0.1, 0.15) is 30.5 Å². The number of methoxy groups -OCH3 is 1. The molecule has 0 aliphatic heterocycles. The van der Waals surface area contributed by atoms with Crippen LogP contribution in [0.5, 0.6) is 5.75 Å². The first kappa shape index (κ1) is 18.7. The van der Waals surface area contributed by atoms with Crippen LogP contribution in [0.2, 0.25) is 0 Å². The first-order valence-corrected chi connectivity index (χ1v) is 8.15. The number of rotatable bonds is 7. The van der Waals surface area contributed by atoms with Gasteiger partial charge < -0.3 is 10.1 Å². The van der Waals surface area contributed by atoms with Gasteiger partial charge in [-0.15, -0.1) is 0 Å². The zero-order valence-corrected chi connectivity index (χ0v) is 14.3. The fraction of sp³-hybridized carbons (Fsp3) is 0.350. The van der Waals surface area contributed by atoms with Gasteiger partial charge in [0, 0.05) is 0 Å². The average Bonchev–Trinajstić information content (AvgIpc) is 2.64. The molecule has 0 unspecified atom stereocenters. The Balaban J connectivity index is 0.00000127. The van der Waals surface area contributed by atoms with Crippen molar-refractivity contribution < 1.29 is 4.74 Å². The molecule has 3 nitrogen and oxygen atoms in total. The van der Waals surface area contributed by atoms with Crippen molar-refractivity contribution in [1.29, 1.82) is 5.26 Å². The molecule has 0 bridgehead atoms. The van der Waals surface area contributed by atoms with Gasteiger partial charge in [-0.05, 0) is 55.3 Å². The molecule has 2 aromatic carbocycles. The minimum atomic E-state index is 0.711. The van der Waals surface area contributed by atoms with Gasteiger partial charge in [0.1, 0.15) is 5.75 Å². The SMILES string of the molecule is CC.COc1ccccc1CCNCCc1ccc(C#N)cc1. The monoisotopic (exact) mass is 310 g/mol. The Morgan fingerprint density at radius 1 is 0.957 bits per heavy atom. The minimum absolute atomic E-state index is 0.711. The van der Waals surface area contributed by atoms with Crippen LogP contribution in [0, 0.1) is 11.3 Å². The molecule has 1 N–H and O–H groups in total. The predicted octanol–water partition coefficient (Wildman–Crippen LogP) is 3.97. The van der Waals surface area contributed by atoms with E-state index < -0.39 is 0 Å². The van der Waals surface area contributed by atoms with Crippen LogP contribution >= 0.6 is 0 Å². The van der Waals surface area contributed by atoms with E-state index in [1.165, 1.54) is 11.1 Å². The summed E-state index contributed by atoms with van der Waals surface area (Å²) in [7, 11) is 1.71. The highest BCUT2D eigenvalue weighted by Gasteiger charge is 2.00. The topological polar surface area (TPSA) is 45.0 Å². The lowest BCUT2D eigenvalue weighted by atomic mass is 10.1. The van der Waals surface area contributed by atoms with E-state index in [1.54, 1.807) is 7.11 Å². The summed E-state index contributed by atoms with van der Waals surface area (Å²) in [5, 5.41) is 12.2. The normalized spacial score (nSPS) is 9.48. The van der Waals surface area contributed by atoms with Crippen LogP contribution in [-0.4, -0.2) is 20.2 Å². The molecule has 0 saturated carbocycles. The van der Waals surface area contributed by atoms with Crippen LogP contribution in [0.4, 0.5) is 0 Å². The van der Waals surface area contributed by atoms with Gasteiger partial charge >= 0.3 is 0 Å². The Labute approximate surface area is 139 Å². The standard InChI is InChI=1S/C18H20N2O.C2H6/c1-21-18-5-3-2-4-17(18)11-13-20-12-10-15-6-8-16(14-19)9-7-15;1-2/h2-9,20H,10-13H2,1H3;1-2H3. The van der Waals surface area contributed by atoms with Gasteiger partial charge in [-0.3, -0.25) is 0 Å². The molecule has 0 aliphatic rings. The number of hydrogen-bond donors (Lipinski definition) is 1. The van der Waals surface area contributed by atoms with Crippen LogP contribution in [0.3, 0.4) is 0 Å². The molecule has 0 fully saturated rings. The molecule has 0 saturated heterocycles. The molecule has 0 heterocycles. The van der Waals surface area contributed by atoms with Crippen LogP contribution in [0.25, 0.3) is 0 Å². The molecule has 0 amide bonds. The van der Waals surface area contributed by atoms with E-state index in [0.717, 1.165) is 31.7 Å². The maximum Gasteiger partial charge on any atom is 0.122 e. The van der Waals surface area contributed by atoms with Crippen molar-refractivity contribution in [2.75, 3.05) is 20.2 Å². The Morgan fingerprint density at radius 2 is 1.61 bits per heavy atom. The van der Waals surface area contributed by atoms with Crippen molar-refractivity contribution in [2.24, 2.45) is 0 Å². The lowest BCUT2D eigenvalue weighted by Crippen LogP contribution is -2.20. The van der Waals surface area contributed by atoms with E-state index in [-0.39, 0.29) is 0 Å². The number of nitrogens with one attached hydrogen (secondary N) is 1. The van der Waals surface area contributed by atoms with Crippen LogP contribution < -0.4 is 10.1 Å². The summed E-state index contributed by atoms with van der Waals surface area (Å²) in [6.07, 6.45) is 1.93. The number of para-hydroxylation sites is 1. The van der Waals surface area contributed by atoms with E-state index >= 15 is 0 Å². The van der Waals surface area contributed by atoms with Crippen LogP contribution in [-0.2, 0) is 12.8 Å². The van der Waals surface area contributed by atoms with Gasteiger partial charge in [0.05, 0.1) is 18.7 Å². The largest absolute Gasteiger partial charge is 0.496 e. The number of ether oxygens (including phenoxy) is 1. The zero-order valence-electron chi connectivity index (χ0n) is 14.3. The third-order valence-electron chi connectivity index (χ3n) is 3.44. The molecule has 3 heteroatoms. The molecule has 0 atom stereocenters. The fourth-order valence-electron chi connectivity index (χ4n) is 2.24. The first-order valence-electron chi connectivity index (χ1n) is 8.15. The molecule has 122 valence electrons. The molecule has 2 aromatic rings. The van der Waals surface area contributed by atoms with Gasteiger partial charge in [0.15, 0.2) is 0 Å². The molecule has 0 spiro atoms. The van der Waals surface area contributed by atoms with Gasteiger partial charge in [0.2, 0.25) is 0 Å². The van der Waals surface area contributed by atoms with Gasteiger partial charge in [-0.2, -0.15) is 5.26 Å². The highest BCUT2D eigenvalue weighted by Crippen LogP contribution is 2.17. The summed E-state index contributed by atoms with van der Waals surface area (Å²) in [6.45, 7) is 5.86. The molecule has 2 rings (SSSR count). The van der Waals surface area contributed by atoms with Crippen molar-refractivity contribution in [1.82, 2.24) is 5.32 Å². The van der Waals surface area contributed by atoms with Gasteiger partial charge in [-0.25, -0.2) is 0 Å². The third kappa shape index (κ3) is 6.54. The maximum absolute atomic E-state index is 8.75. The Bertz CT molecular complexity index is 600. The third-order valence-corrected chi connectivity index (χ3v) is 3.44.